The molecule has 0 amide bonds. The topological polar surface area (TPSA) is 50.2 Å². The Morgan fingerprint density at radius 3 is 2.50 bits per heavy atom. The van der Waals surface area contributed by atoms with E-state index in [2.05, 4.69) is 4.98 Å². The zero-order valence-electron chi connectivity index (χ0n) is 6.77. The van der Waals surface area contributed by atoms with Gasteiger partial charge >= 0.3 is 35.5 Å². The van der Waals surface area contributed by atoms with Crippen LogP contribution in [0.1, 0.15) is 10.5 Å². The van der Waals surface area contributed by atoms with E-state index in [1.807, 2.05) is 24.3 Å². The number of nitrogens with zero attached hydrogens (tertiary/aromatic N) is 1. The molecule has 0 saturated heterocycles. The molecule has 4 heteroatoms. The first-order valence-corrected chi connectivity index (χ1v) is 3.85. The third-order valence-electron chi connectivity index (χ3n) is 1.85. The van der Waals surface area contributed by atoms with E-state index in [1.165, 1.54) is 0 Å². The molecular formula is C10H8NNaO2. The van der Waals surface area contributed by atoms with Crippen molar-refractivity contribution in [3.8, 4) is 0 Å². The molecule has 66 valence electrons. The van der Waals surface area contributed by atoms with Gasteiger partial charge in [0, 0.05) is 11.6 Å². The predicted octanol–water partition coefficient (Wildman–Crippen LogP) is 1.28. The van der Waals surface area contributed by atoms with Crippen molar-refractivity contribution < 1.29 is 9.90 Å². The molecule has 14 heavy (non-hydrogen) atoms. The van der Waals surface area contributed by atoms with E-state index in [0.717, 1.165) is 10.8 Å². The number of fused-ring (bicyclic) bond motifs is 1. The van der Waals surface area contributed by atoms with Gasteiger partial charge in [-0.15, -0.1) is 0 Å². The van der Waals surface area contributed by atoms with Crippen molar-refractivity contribution in [3.63, 3.8) is 0 Å². The molecule has 3 nitrogen and oxygen atoms in total. The van der Waals surface area contributed by atoms with E-state index in [1.54, 1.807) is 12.3 Å². The average Bonchev–Trinajstić information content (AvgIpc) is 2.17. The number of pyridine rings is 1. The second kappa shape index (κ2) is 4.55. The fourth-order valence-electron chi connectivity index (χ4n) is 1.20. The van der Waals surface area contributed by atoms with Gasteiger partial charge < -0.3 is 5.11 Å². The van der Waals surface area contributed by atoms with Crippen molar-refractivity contribution >= 4 is 46.3 Å². The van der Waals surface area contributed by atoms with Crippen LogP contribution in [0.5, 0.6) is 0 Å². The first-order valence-electron chi connectivity index (χ1n) is 3.85. The number of carboxylic acid groups (broad SMARTS) is 1. The Morgan fingerprint density at radius 2 is 1.86 bits per heavy atom. The molecule has 0 aliphatic heterocycles. The minimum absolute atomic E-state index is 0. The second-order valence-corrected chi connectivity index (χ2v) is 2.72. The van der Waals surface area contributed by atoms with Crippen LogP contribution in [-0.2, 0) is 0 Å². The van der Waals surface area contributed by atoms with Crippen LogP contribution in [0.15, 0.2) is 36.5 Å². The normalized spacial score (nSPS) is 9.43. The third-order valence-corrected chi connectivity index (χ3v) is 1.85. The van der Waals surface area contributed by atoms with Crippen LogP contribution >= 0.6 is 0 Å². The molecule has 0 spiro atoms. The van der Waals surface area contributed by atoms with Crippen LogP contribution < -0.4 is 0 Å². The summed E-state index contributed by atoms with van der Waals surface area (Å²) in [6.07, 6.45) is 1.57. The maximum absolute atomic E-state index is 10.6. The zero-order chi connectivity index (χ0) is 9.26. The van der Waals surface area contributed by atoms with Crippen molar-refractivity contribution in [2.75, 3.05) is 0 Å². The number of carbonyl (C=O) groups is 1. The van der Waals surface area contributed by atoms with Gasteiger partial charge in [-0.05, 0) is 11.5 Å². The fourth-order valence-corrected chi connectivity index (χ4v) is 1.20. The number of hydrogen-bond acceptors (Lipinski definition) is 2. The van der Waals surface area contributed by atoms with Crippen molar-refractivity contribution in [3.05, 3.63) is 42.2 Å². The molecule has 0 atom stereocenters. The number of aromatic nitrogens is 1. The van der Waals surface area contributed by atoms with Gasteiger partial charge in [-0.2, -0.15) is 0 Å². The van der Waals surface area contributed by atoms with E-state index in [0.29, 0.717) is 0 Å². The molecule has 0 saturated carbocycles. The Labute approximate surface area is 103 Å². The zero-order valence-corrected chi connectivity index (χ0v) is 6.77. The molecule has 0 fully saturated rings. The number of hydrogen-bond donors (Lipinski definition) is 1. The summed E-state index contributed by atoms with van der Waals surface area (Å²) in [6, 6.07) is 9.09. The summed E-state index contributed by atoms with van der Waals surface area (Å²) in [5.74, 6) is -0.995. The maximum atomic E-state index is 10.6. The van der Waals surface area contributed by atoms with E-state index in [9.17, 15) is 4.79 Å². The fraction of sp³-hybridized carbons (Fsp3) is 0. The van der Waals surface area contributed by atoms with Gasteiger partial charge in [-0.1, -0.05) is 24.3 Å². The third kappa shape index (κ3) is 2.12. The molecule has 0 bridgehead atoms. The first kappa shape index (κ1) is 11.2. The molecule has 2 aromatic rings. The molecule has 1 aromatic heterocycles. The van der Waals surface area contributed by atoms with Gasteiger partial charge in [0.1, 0.15) is 5.69 Å². The van der Waals surface area contributed by atoms with Gasteiger partial charge in [0.25, 0.3) is 0 Å². The summed E-state index contributed by atoms with van der Waals surface area (Å²) >= 11 is 0. The summed E-state index contributed by atoms with van der Waals surface area (Å²) in [7, 11) is 0. The van der Waals surface area contributed by atoms with Crippen LogP contribution in [0.25, 0.3) is 10.8 Å². The van der Waals surface area contributed by atoms with E-state index >= 15 is 0 Å². The van der Waals surface area contributed by atoms with Gasteiger partial charge in [0.05, 0.1) is 0 Å². The van der Waals surface area contributed by atoms with Gasteiger partial charge in [-0.25, -0.2) is 9.78 Å². The minimum atomic E-state index is -0.995. The molecule has 1 aromatic carbocycles. The molecule has 1 N–H and O–H groups in total. The van der Waals surface area contributed by atoms with Crippen LogP contribution in [-0.4, -0.2) is 45.6 Å². The Balaban J connectivity index is 0.000000980. The Hall–Kier alpha value is -0.900. The standard InChI is InChI=1S/C10H7NO2.Na.H/c12-10(13)9-5-7-3-1-2-4-8(7)6-11-9;;/h1-6H,(H,12,13);;. The molecule has 0 radical (unpaired) electrons. The monoisotopic (exact) mass is 197 g/mol. The van der Waals surface area contributed by atoms with E-state index in [-0.39, 0.29) is 35.3 Å². The summed E-state index contributed by atoms with van der Waals surface area (Å²) in [6.45, 7) is 0. The SMILES string of the molecule is O=C(O)c1cc2ccccc2cn1.[NaH]. The molecule has 1 heterocycles. The van der Waals surface area contributed by atoms with Gasteiger partial charge in [-0.3, -0.25) is 0 Å². The van der Waals surface area contributed by atoms with Crippen molar-refractivity contribution in [2.24, 2.45) is 0 Å². The molecule has 2 rings (SSSR count). The quantitative estimate of drug-likeness (QED) is 0.700. The second-order valence-electron chi connectivity index (χ2n) is 2.72. The van der Waals surface area contributed by atoms with Crippen molar-refractivity contribution in [1.82, 2.24) is 4.98 Å². The Morgan fingerprint density at radius 1 is 1.21 bits per heavy atom. The molecule has 0 unspecified atom stereocenters. The van der Waals surface area contributed by atoms with Crippen molar-refractivity contribution in [2.45, 2.75) is 0 Å². The van der Waals surface area contributed by atoms with Crippen molar-refractivity contribution in [1.29, 1.82) is 0 Å². The summed E-state index contributed by atoms with van der Waals surface area (Å²) in [5.41, 5.74) is 0.0821. The predicted molar refractivity (Wildman–Crippen MR) is 55.9 cm³/mol. The number of benzene rings is 1. The Bertz CT molecular complexity index is 470. The van der Waals surface area contributed by atoms with Crippen LogP contribution in [0, 0.1) is 0 Å². The average molecular weight is 197 g/mol. The first-order chi connectivity index (χ1) is 6.27. The summed E-state index contributed by atoms with van der Waals surface area (Å²) in [4.78, 5) is 14.4. The van der Waals surface area contributed by atoms with Crippen LogP contribution in [0.4, 0.5) is 0 Å². The van der Waals surface area contributed by atoms with Crippen LogP contribution in [0.3, 0.4) is 0 Å². The molecule has 0 aliphatic carbocycles. The molecular weight excluding hydrogens is 189 g/mol. The number of aromatic carboxylic acids is 1. The number of rotatable bonds is 1. The van der Waals surface area contributed by atoms with Crippen LogP contribution in [0.2, 0.25) is 0 Å². The van der Waals surface area contributed by atoms with E-state index in [4.69, 9.17) is 5.11 Å². The van der Waals surface area contributed by atoms with Gasteiger partial charge in [0.2, 0.25) is 0 Å². The molecule has 0 aliphatic rings. The number of carboxylic acids is 1. The summed E-state index contributed by atoms with van der Waals surface area (Å²) < 4.78 is 0. The van der Waals surface area contributed by atoms with E-state index < -0.39 is 5.97 Å². The summed E-state index contributed by atoms with van der Waals surface area (Å²) in [5, 5.41) is 10.5. The Kier molecular flexibility index (Phi) is 3.63. The van der Waals surface area contributed by atoms with Gasteiger partial charge in [0.15, 0.2) is 0 Å².